The number of benzene rings is 2. The second kappa shape index (κ2) is 8.55. The summed E-state index contributed by atoms with van der Waals surface area (Å²) >= 11 is 0. The van der Waals surface area contributed by atoms with Crippen molar-refractivity contribution in [1.29, 1.82) is 0 Å². The number of halogens is 2. The highest BCUT2D eigenvalue weighted by Gasteiger charge is 2.08. The van der Waals surface area contributed by atoms with Crippen molar-refractivity contribution >= 4 is 5.82 Å². The van der Waals surface area contributed by atoms with Crippen LogP contribution in [0.2, 0.25) is 0 Å². The van der Waals surface area contributed by atoms with E-state index in [1.165, 1.54) is 24.3 Å². The van der Waals surface area contributed by atoms with E-state index in [1.807, 2.05) is 12.1 Å². The molecule has 8 heteroatoms. The Labute approximate surface area is 165 Å². The van der Waals surface area contributed by atoms with Gasteiger partial charge in [0.25, 0.3) is 0 Å². The van der Waals surface area contributed by atoms with Gasteiger partial charge < -0.3 is 9.84 Å². The van der Waals surface area contributed by atoms with E-state index in [4.69, 9.17) is 4.52 Å². The molecule has 6 nitrogen and oxygen atoms in total. The van der Waals surface area contributed by atoms with Crippen LogP contribution in [0.5, 0.6) is 0 Å². The minimum Gasteiger partial charge on any atom is -0.369 e. The van der Waals surface area contributed by atoms with Crippen LogP contribution in [0.4, 0.5) is 14.6 Å². The molecule has 0 aliphatic carbocycles. The van der Waals surface area contributed by atoms with E-state index in [9.17, 15) is 8.78 Å². The summed E-state index contributed by atoms with van der Waals surface area (Å²) in [6.07, 6.45) is 1.36. The summed E-state index contributed by atoms with van der Waals surface area (Å²) in [5, 5.41) is 15.4. The zero-order chi connectivity index (χ0) is 20.1. The molecule has 0 saturated heterocycles. The lowest BCUT2D eigenvalue weighted by Crippen LogP contribution is -2.05. The first-order chi connectivity index (χ1) is 14.2. The second-order valence-electron chi connectivity index (χ2n) is 6.36. The fourth-order valence-electron chi connectivity index (χ4n) is 2.73. The molecule has 0 unspecified atom stereocenters. The lowest BCUT2D eigenvalue weighted by Gasteiger charge is -2.05. The summed E-state index contributed by atoms with van der Waals surface area (Å²) in [7, 11) is 0. The van der Waals surface area contributed by atoms with E-state index in [0.29, 0.717) is 41.8 Å². The Kier molecular flexibility index (Phi) is 5.51. The van der Waals surface area contributed by atoms with E-state index in [-0.39, 0.29) is 11.6 Å². The van der Waals surface area contributed by atoms with Crippen LogP contribution in [0.1, 0.15) is 12.3 Å². The van der Waals surface area contributed by atoms with Gasteiger partial charge in [0, 0.05) is 24.1 Å². The first-order valence-electron chi connectivity index (χ1n) is 9.09. The standard InChI is InChI=1S/C21H17F2N5O/c22-16-7-3-14(4-8-16)18-11-12-19(27-26-18)24-13-1-2-20-25-21(28-29-20)15-5-9-17(23)10-6-15/h3-12H,1-2,13H2,(H,24,27). The SMILES string of the molecule is Fc1ccc(-c2ccc(NCCCc3nc(-c4ccc(F)cc4)no3)nn2)cc1. The van der Waals surface area contributed by atoms with E-state index >= 15 is 0 Å². The highest BCUT2D eigenvalue weighted by molar-refractivity contribution is 5.59. The summed E-state index contributed by atoms with van der Waals surface area (Å²) in [6, 6.07) is 15.7. The van der Waals surface area contributed by atoms with Crippen molar-refractivity contribution in [3.8, 4) is 22.6 Å². The van der Waals surface area contributed by atoms with Crippen LogP contribution in [-0.4, -0.2) is 26.9 Å². The average Bonchev–Trinajstić information content (AvgIpc) is 3.22. The van der Waals surface area contributed by atoms with Gasteiger partial charge in [0.05, 0.1) is 5.69 Å². The maximum absolute atomic E-state index is 13.0. The molecule has 29 heavy (non-hydrogen) atoms. The van der Waals surface area contributed by atoms with Crippen LogP contribution in [0.25, 0.3) is 22.6 Å². The van der Waals surface area contributed by atoms with Crippen LogP contribution in [0.15, 0.2) is 65.2 Å². The highest BCUT2D eigenvalue weighted by atomic mass is 19.1. The van der Waals surface area contributed by atoms with Gasteiger partial charge in [-0.2, -0.15) is 4.98 Å². The zero-order valence-corrected chi connectivity index (χ0v) is 15.3. The van der Waals surface area contributed by atoms with Gasteiger partial charge in [0.15, 0.2) is 0 Å². The molecule has 2 aromatic heterocycles. The third kappa shape index (κ3) is 4.78. The third-order valence-corrected chi connectivity index (χ3v) is 4.25. The molecule has 0 amide bonds. The molecular formula is C21H17F2N5O. The van der Waals surface area contributed by atoms with Crippen LogP contribution < -0.4 is 5.32 Å². The molecule has 146 valence electrons. The van der Waals surface area contributed by atoms with Crippen LogP contribution in [0, 0.1) is 11.6 Å². The monoisotopic (exact) mass is 393 g/mol. The Balaban J connectivity index is 1.26. The maximum atomic E-state index is 13.0. The van der Waals surface area contributed by atoms with E-state index < -0.39 is 0 Å². The predicted molar refractivity (Wildman–Crippen MR) is 104 cm³/mol. The van der Waals surface area contributed by atoms with Crippen molar-refractivity contribution in [3.05, 3.63) is 78.2 Å². The molecule has 0 saturated carbocycles. The molecule has 0 fully saturated rings. The summed E-state index contributed by atoms with van der Waals surface area (Å²) in [4.78, 5) is 4.32. The fourth-order valence-corrected chi connectivity index (χ4v) is 2.73. The number of hydrogen-bond acceptors (Lipinski definition) is 6. The molecule has 0 bridgehead atoms. The van der Waals surface area contributed by atoms with Crippen LogP contribution >= 0.6 is 0 Å². The molecule has 2 heterocycles. The van der Waals surface area contributed by atoms with Crippen molar-refractivity contribution < 1.29 is 13.3 Å². The quantitative estimate of drug-likeness (QED) is 0.465. The molecule has 0 aliphatic heterocycles. The molecule has 0 atom stereocenters. The molecule has 0 spiro atoms. The van der Waals surface area contributed by atoms with Crippen LogP contribution in [0.3, 0.4) is 0 Å². The molecule has 4 rings (SSSR count). The lowest BCUT2D eigenvalue weighted by atomic mass is 10.1. The molecule has 2 aromatic carbocycles. The molecular weight excluding hydrogens is 376 g/mol. The van der Waals surface area contributed by atoms with Crippen molar-refractivity contribution in [2.75, 3.05) is 11.9 Å². The Morgan fingerprint density at radius 3 is 2.14 bits per heavy atom. The summed E-state index contributed by atoms with van der Waals surface area (Å²) in [6.45, 7) is 0.652. The highest BCUT2D eigenvalue weighted by Crippen LogP contribution is 2.18. The summed E-state index contributed by atoms with van der Waals surface area (Å²) in [5.74, 6) is 1.01. The van der Waals surface area contributed by atoms with E-state index in [0.717, 1.165) is 12.0 Å². The van der Waals surface area contributed by atoms with Gasteiger partial charge in [-0.15, -0.1) is 10.2 Å². The van der Waals surface area contributed by atoms with Gasteiger partial charge in [-0.3, -0.25) is 0 Å². The Morgan fingerprint density at radius 1 is 0.793 bits per heavy atom. The average molecular weight is 393 g/mol. The summed E-state index contributed by atoms with van der Waals surface area (Å²) in [5.41, 5.74) is 2.18. The first-order valence-corrected chi connectivity index (χ1v) is 9.09. The van der Waals surface area contributed by atoms with E-state index in [2.05, 4.69) is 25.7 Å². The Morgan fingerprint density at radius 2 is 1.48 bits per heavy atom. The lowest BCUT2D eigenvalue weighted by molar-refractivity contribution is 0.377. The van der Waals surface area contributed by atoms with E-state index in [1.54, 1.807) is 24.3 Å². The van der Waals surface area contributed by atoms with Crippen molar-refractivity contribution in [2.45, 2.75) is 12.8 Å². The van der Waals surface area contributed by atoms with Crippen molar-refractivity contribution in [2.24, 2.45) is 0 Å². The largest absolute Gasteiger partial charge is 0.369 e. The van der Waals surface area contributed by atoms with Crippen molar-refractivity contribution in [1.82, 2.24) is 20.3 Å². The number of nitrogens with zero attached hydrogens (tertiary/aromatic N) is 4. The Bertz CT molecular complexity index is 1060. The van der Waals surface area contributed by atoms with Crippen LogP contribution in [-0.2, 0) is 6.42 Å². The number of nitrogens with one attached hydrogen (secondary N) is 1. The smallest absolute Gasteiger partial charge is 0.227 e. The van der Waals surface area contributed by atoms with Gasteiger partial charge in [-0.25, -0.2) is 8.78 Å². The molecule has 4 aromatic rings. The second-order valence-corrected chi connectivity index (χ2v) is 6.36. The normalized spacial score (nSPS) is 10.8. The van der Waals surface area contributed by atoms with Crippen molar-refractivity contribution in [3.63, 3.8) is 0 Å². The Hall–Kier alpha value is -3.68. The zero-order valence-electron chi connectivity index (χ0n) is 15.3. The minimum atomic E-state index is -0.308. The molecule has 1 N–H and O–H groups in total. The fraction of sp³-hybridized carbons (Fsp3) is 0.143. The topological polar surface area (TPSA) is 76.7 Å². The number of anilines is 1. The maximum Gasteiger partial charge on any atom is 0.227 e. The van der Waals surface area contributed by atoms with Gasteiger partial charge in [-0.1, -0.05) is 5.16 Å². The van der Waals surface area contributed by atoms with Gasteiger partial charge >= 0.3 is 0 Å². The molecule has 0 radical (unpaired) electrons. The first kappa shape index (κ1) is 18.7. The van der Waals surface area contributed by atoms with Gasteiger partial charge in [0.1, 0.15) is 17.5 Å². The number of rotatable bonds is 7. The molecule has 0 aliphatic rings. The number of hydrogen-bond donors (Lipinski definition) is 1. The summed E-state index contributed by atoms with van der Waals surface area (Å²) < 4.78 is 31.2. The van der Waals surface area contributed by atoms with Gasteiger partial charge in [-0.05, 0) is 67.1 Å². The third-order valence-electron chi connectivity index (χ3n) is 4.25. The number of aryl methyl sites for hydroxylation is 1. The predicted octanol–water partition coefficient (Wildman–Crippen LogP) is 4.52. The number of aromatic nitrogens is 4. The van der Waals surface area contributed by atoms with Gasteiger partial charge in [0.2, 0.25) is 11.7 Å². The minimum absolute atomic E-state index is 0.286.